The highest BCUT2D eigenvalue weighted by molar-refractivity contribution is 7.80. The van der Waals surface area contributed by atoms with Gasteiger partial charge in [-0.25, -0.2) is 0 Å². The quantitative estimate of drug-likeness (QED) is 0.832. The molecule has 0 amide bonds. The highest BCUT2D eigenvalue weighted by Crippen LogP contribution is 2.19. The van der Waals surface area contributed by atoms with E-state index in [2.05, 4.69) is 71.1 Å². The Labute approximate surface area is 150 Å². The number of para-hydroxylation sites is 1. The summed E-state index contributed by atoms with van der Waals surface area (Å²) in [6.07, 6.45) is 3.19. The molecule has 3 rings (SSSR count). The Kier molecular flexibility index (Phi) is 5.83. The van der Waals surface area contributed by atoms with Crippen LogP contribution in [0.1, 0.15) is 24.0 Å². The molecule has 1 fully saturated rings. The molecule has 2 N–H and O–H groups in total. The van der Waals surface area contributed by atoms with Crippen molar-refractivity contribution >= 4 is 23.0 Å². The van der Waals surface area contributed by atoms with Gasteiger partial charge >= 0.3 is 0 Å². The van der Waals surface area contributed by atoms with Crippen LogP contribution < -0.4 is 10.6 Å². The molecular formula is C20H25N3S. The fraction of sp³-hybridized carbons (Fsp3) is 0.350. The summed E-state index contributed by atoms with van der Waals surface area (Å²) >= 11 is 5.53. The summed E-state index contributed by atoms with van der Waals surface area (Å²) in [5.41, 5.74) is 3.66. The van der Waals surface area contributed by atoms with Gasteiger partial charge in [-0.15, -0.1) is 0 Å². The normalized spacial score (nSPS) is 15.9. The van der Waals surface area contributed by atoms with E-state index in [1.54, 1.807) is 0 Å². The van der Waals surface area contributed by atoms with Gasteiger partial charge in [0.05, 0.1) is 0 Å². The highest BCUT2D eigenvalue weighted by Gasteiger charge is 2.17. The van der Waals surface area contributed by atoms with Crippen molar-refractivity contribution in [2.75, 3.05) is 25.5 Å². The van der Waals surface area contributed by atoms with E-state index in [9.17, 15) is 0 Å². The summed E-state index contributed by atoms with van der Waals surface area (Å²) in [6.45, 7) is 2.26. The minimum Gasteiger partial charge on any atom is -0.360 e. The standard InChI is InChI=1S/C20H25N3S/c1-23-13-11-18(12-14-23)21-20(24)22-19-10-6-5-9-17(19)15-16-7-3-2-4-8-16/h2-10,18H,11-15H2,1H3,(H2,21,22,24). The molecule has 0 atom stereocenters. The van der Waals surface area contributed by atoms with Gasteiger partial charge in [0, 0.05) is 11.7 Å². The van der Waals surface area contributed by atoms with Gasteiger partial charge in [-0.05, 0) is 68.8 Å². The molecule has 2 aromatic rings. The first-order chi connectivity index (χ1) is 11.7. The third-order valence-corrected chi connectivity index (χ3v) is 4.78. The maximum Gasteiger partial charge on any atom is 0.171 e. The second-order valence-corrected chi connectivity index (χ2v) is 6.90. The molecule has 0 aromatic heterocycles. The molecule has 0 saturated carbocycles. The van der Waals surface area contributed by atoms with Crippen LogP contribution in [0.5, 0.6) is 0 Å². The maximum absolute atomic E-state index is 5.53. The third-order valence-electron chi connectivity index (χ3n) is 4.56. The summed E-state index contributed by atoms with van der Waals surface area (Å²) in [7, 11) is 2.17. The van der Waals surface area contributed by atoms with E-state index >= 15 is 0 Å². The predicted molar refractivity (Wildman–Crippen MR) is 106 cm³/mol. The van der Waals surface area contributed by atoms with E-state index in [4.69, 9.17) is 12.2 Å². The Balaban J connectivity index is 1.61. The molecular weight excluding hydrogens is 314 g/mol. The maximum atomic E-state index is 5.53. The van der Waals surface area contributed by atoms with Crippen LogP contribution >= 0.6 is 12.2 Å². The van der Waals surface area contributed by atoms with Crippen molar-refractivity contribution in [3.63, 3.8) is 0 Å². The lowest BCUT2D eigenvalue weighted by molar-refractivity contribution is 0.247. The second-order valence-electron chi connectivity index (χ2n) is 6.50. The van der Waals surface area contributed by atoms with Crippen molar-refractivity contribution < 1.29 is 0 Å². The van der Waals surface area contributed by atoms with Crippen molar-refractivity contribution in [1.82, 2.24) is 10.2 Å². The van der Waals surface area contributed by atoms with E-state index in [0.717, 1.165) is 43.2 Å². The summed E-state index contributed by atoms with van der Waals surface area (Å²) in [5, 5.41) is 7.60. The number of nitrogens with one attached hydrogen (secondary N) is 2. The van der Waals surface area contributed by atoms with Crippen molar-refractivity contribution in [2.45, 2.75) is 25.3 Å². The molecule has 1 aliphatic heterocycles. The van der Waals surface area contributed by atoms with E-state index in [-0.39, 0.29) is 0 Å². The third kappa shape index (κ3) is 4.79. The molecule has 0 radical (unpaired) electrons. The molecule has 1 heterocycles. The zero-order chi connectivity index (χ0) is 16.8. The van der Waals surface area contributed by atoms with Crippen LogP contribution in [-0.4, -0.2) is 36.2 Å². The van der Waals surface area contributed by atoms with Gasteiger partial charge in [0.1, 0.15) is 0 Å². The van der Waals surface area contributed by atoms with Crippen molar-refractivity contribution in [1.29, 1.82) is 0 Å². The van der Waals surface area contributed by atoms with Crippen LogP contribution in [0, 0.1) is 0 Å². The summed E-state index contributed by atoms with van der Waals surface area (Å²) in [4.78, 5) is 2.36. The van der Waals surface area contributed by atoms with Gasteiger partial charge in [-0.2, -0.15) is 0 Å². The molecule has 0 spiro atoms. The Bertz CT molecular complexity index is 664. The summed E-state index contributed by atoms with van der Waals surface area (Å²) < 4.78 is 0. The number of likely N-dealkylation sites (tertiary alicyclic amines) is 1. The Morgan fingerprint density at radius 3 is 2.46 bits per heavy atom. The Morgan fingerprint density at radius 1 is 1.04 bits per heavy atom. The van der Waals surface area contributed by atoms with Crippen molar-refractivity contribution in [2.24, 2.45) is 0 Å². The molecule has 4 heteroatoms. The fourth-order valence-corrected chi connectivity index (χ4v) is 3.39. The first-order valence-electron chi connectivity index (χ1n) is 8.58. The van der Waals surface area contributed by atoms with Crippen LogP contribution in [-0.2, 0) is 6.42 Å². The van der Waals surface area contributed by atoms with E-state index in [0.29, 0.717) is 6.04 Å². The lowest BCUT2D eigenvalue weighted by Gasteiger charge is -2.30. The van der Waals surface area contributed by atoms with Crippen LogP contribution in [0.3, 0.4) is 0 Å². The molecule has 24 heavy (non-hydrogen) atoms. The second kappa shape index (κ2) is 8.27. The van der Waals surface area contributed by atoms with Gasteiger partial charge in [0.25, 0.3) is 0 Å². The van der Waals surface area contributed by atoms with Crippen LogP contribution in [0.25, 0.3) is 0 Å². The van der Waals surface area contributed by atoms with Gasteiger partial charge < -0.3 is 15.5 Å². The first-order valence-corrected chi connectivity index (χ1v) is 8.99. The van der Waals surface area contributed by atoms with Gasteiger partial charge in [-0.3, -0.25) is 0 Å². The average Bonchev–Trinajstić information content (AvgIpc) is 2.60. The molecule has 2 aromatic carbocycles. The zero-order valence-corrected chi connectivity index (χ0v) is 15.0. The van der Waals surface area contributed by atoms with Gasteiger partial charge in [0.15, 0.2) is 5.11 Å². The monoisotopic (exact) mass is 339 g/mol. The fourth-order valence-electron chi connectivity index (χ4n) is 3.11. The average molecular weight is 340 g/mol. The number of benzene rings is 2. The topological polar surface area (TPSA) is 27.3 Å². The number of rotatable bonds is 4. The molecule has 0 aliphatic carbocycles. The first kappa shape index (κ1) is 16.9. The molecule has 1 saturated heterocycles. The number of hydrogen-bond donors (Lipinski definition) is 2. The van der Waals surface area contributed by atoms with E-state index in [1.807, 2.05) is 6.07 Å². The lowest BCUT2D eigenvalue weighted by Crippen LogP contribution is -2.44. The number of hydrogen-bond acceptors (Lipinski definition) is 2. The van der Waals surface area contributed by atoms with Gasteiger partial charge in [-0.1, -0.05) is 48.5 Å². The lowest BCUT2D eigenvalue weighted by atomic mass is 10.0. The summed E-state index contributed by atoms with van der Waals surface area (Å²) in [6, 6.07) is 19.4. The largest absolute Gasteiger partial charge is 0.360 e. The zero-order valence-electron chi connectivity index (χ0n) is 14.2. The minimum atomic E-state index is 0.475. The van der Waals surface area contributed by atoms with Gasteiger partial charge in [0.2, 0.25) is 0 Å². The minimum absolute atomic E-state index is 0.475. The van der Waals surface area contributed by atoms with Crippen LogP contribution in [0.4, 0.5) is 5.69 Å². The number of thiocarbonyl (C=S) groups is 1. The SMILES string of the molecule is CN1CCC(NC(=S)Nc2ccccc2Cc2ccccc2)CC1. The molecule has 0 bridgehead atoms. The predicted octanol–water partition coefficient (Wildman–Crippen LogP) is 3.66. The Hall–Kier alpha value is -1.91. The number of nitrogens with zero attached hydrogens (tertiary/aromatic N) is 1. The summed E-state index contributed by atoms with van der Waals surface area (Å²) in [5.74, 6) is 0. The van der Waals surface area contributed by atoms with Crippen LogP contribution in [0.2, 0.25) is 0 Å². The molecule has 126 valence electrons. The van der Waals surface area contributed by atoms with Crippen LogP contribution in [0.15, 0.2) is 54.6 Å². The van der Waals surface area contributed by atoms with E-state index in [1.165, 1.54) is 11.1 Å². The number of anilines is 1. The Morgan fingerprint density at radius 2 is 1.71 bits per heavy atom. The number of piperidine rings is 1. The smallest absolute Gasteiger partial charge is 0.171 e. The van der Waals surface area contributed by atoms with Crippen molar-refractivity contribution in [3.05, 3.63) is 65.7 Å². The highest BCUT2D eigenvalue weighted by atomic mass is 32.1. The molecule has 1 aliphatic rings. The van der Waals surface area contributed by atoms with Crippen molar-refractivity contribution in [3.8, 4) is 0 Å². The molecule has 0 unspecified atom stereocenters. The molecule has 3 nitrogen and oxygen atoms in total. The van der Waals surface area contributed by atoms with E-state index < -0.39 is 0 Å².